The zero-order valence-corrected chi connectivity index (χ0v) is 9.33. The van der Waals surface area contributed by atoms with Gasteiger partial charge in [0.2, 0.25) is 0 Å². The number of hydrogen-bond acceptors (Lipinski definition) is 2. The van der Waals surface area contributed by atoms with E-state index in [1.54, 1.807) is 0 Å². The van der Waals surface area contributed by atoms with Crippen LogP contribution in [0, 0.1) is 0 Å². The molecule has 4 aromatic rings. The number of nitrogens with zero attached hydrogens (tertiary/aromatic N) is 4. The molecule has 0 fully saturated rings. The zero-order valence-electron chi connectivity index (χ0n) is 9.33. The molecule has 0 amide bonds. The van der Waals surface area contributed by atoms with Crippen LogP contribution < -0.4 is 0 Å². The van der Waals surface area contributed by atoms with E-state index in [1.807, 2.05) is 42.6 Å². The van der Waals surface area contributed by atoms with Gasteiger partial charge < -0.3 is 4.57 Å². The Balaban J connectivity index is 2.50. The third-order valence-electron chi connectivity index (χ3n) is 3.24. The van der Waals surface area contributed by atoms with Crippen molar-refractivity contribution in [1.82, 2.24) is 18.9 Å². The number of benzene rings is 1. The van der Waals surface area contributed by atoms with Crippen LogP contribution >= 0.6 is 0 Å². The van der Waals surface area contributed by atoms with Crippen LogP contribution in [0.1, 0.15) is 0 Å². The quantitative estimate of drug-likeness (QED) is 0.458. The van der Waals surface area contributed by atoms with Gasteiger partial charge >= 0.3 is 0 Å². The van der Waals surface area contributed by atoms with Crippen LogP contribution in [0.25, 0.3) is 27.5 Å². The minimum absolute atomic E-state index is 1.04. The molecule has 0 bridgehead atoms. The van der Waals surface area contributed by atoms with Crippen LogP contribution in [0.3, 0.4) is 0 Å². The molecule has 0 aliphatic carbocycles. The average Bonchev–Trinajstić information content (AvgIpc) is 2.96. The van der Waals surface area contributed by atoms with Gasteiger partial charge in [-0.15, -0.1) is 0 Å². The highest BCUT2D eigenvalue weighted by Gasteiger charge is 2.11. The van der Waals surface area contributed by atoms with Gasteiger partial charge in [0.05, 0.1) is 40.9 Å². The van der Waals surface area contributed by atoms with Crippen molar-refractivity contribution in [3.8, 4) is 0 Å². The summed E-state index contributed by atoms with van der Waals surface area (Å²) in [5.41, 5.74) is 4.40. The third kappa shape index (κ3) is 0.970. The van der Waals surface area contributed by atoms with E-state index in [2.05, 4.69) is 26.5 Å². The first kappa shape index (κ1) is 8.75. The molecule has 3 aromatic heterocycles. The van der Waals surface area contributed by atoms with Gasteiger partial charge in [-0.05, 0) is 6.07 Å². The van der Waals surface area contributed by atoms with E-state index in [-0.39, 0.29) is 0 Å². The second-order valence-corrected chi connectivity index (χ2v) is 4.22. The summed E-state index contributed by atoms with van der Waals surface area (Å²) in [6.07, 6.45) is 5.59. The minimum atomic E-state index is 1.04. The van der Waals surface area contributed by atoms with Gasteiger partial charge in [-0.3, -0.25) is 4.40 Å². The molecule has 4 nitrogen and oxygen atoms in total. The molecule has 0 atom stereocenters. The number of rotatable bonds is 0. The lowest BCUT2D eigenvalue weighted by Crippen LogP contribution is -1.91. The van der Waals surface area contributed by atoms with Crippen LogP contribution in [0.2, 0.25) is 0 Å². The fourth-order valence-corrected chi connectivity index (χ4v) is 2.48. The van der Waals surface area contributed by atoms with Gasteiger partial charge in [0, 0.05) is 12.4 Å². The van der Waals surface area contributed by atoms with Crippen molar-refractivity contribution < 1.29 is 0 Å². The number of para-hydroxylation sites is 1. The van der Waals surface area contributed by atoms with Crippen molar-refractivity contribution >= 4 is 27.5 Å². The molecule has 1 aromatic carbocycles. The minimum Gasteiger partial charge on any atom is -0.332 e. The number of aromatic nitrogens is 4. The Morgan fingerprint density at radius 3 is 2.88 bits per heavy atom. The van der Waals surface area contributed by atoms with Crippen molar-refractivity contribution in [2.24, 2.45) is 7.05 Å². The van der Waals surface area contributed by atoms with Crippen molar-refractivity contribution in [1.29, 1.82) is 0 Å². The topological polar surface area (TPSA) is 35.1 Å². The van der Waals surface area contributed by atoms with Crippen LogP contribution in [0.15, 0.2) is 43.1 Å². The van der Waals surface area contributed by atoms with Gasteiger partial charge in [-0.1, -0.05) is 18.2 Å². The number of fused-ring (bicyclic) bond motifs is 6. The van der Waals surface area contributed by atoms with Gasteiger partial charge in [0.25, 0.3) is 0 Å². The SMILES string of the molecule is Cn1cnc2c3ccccc3n3cncc3c21. The Kier molecular flexibility index (Phi) is 1.47. The molecule has 0 saturated carbocycles. The largest absolute Gasteiger partial charge is 0.332 e. The van der Waals surface area contributed by atoms with E-state index in [4.69, 9.17) is 0 Å². The molecule has 3 heterocycles. The second-order valence-electron chi connectivity index (χ2n) is 4.22. The number of imidazole rings is 2. The van der Waals surface area contributed by atoms with E-state index in [9.17, 15) is 0 Å². The maximum Gasteiger partial charge on any atom is 0.1000 e. The van der Waals surface area contributed by atoms with E-state index < -0.39 is 0 Å². The Bertz CT molecular complexity index is 854. The Morgan fingerprint density at radius 1 is 1.06 bits per heavy atom. The van der Waals surface area contributed by atoms with Gasteiger partial charge in [-0.2, -0.15) is 0 Å². The summed E-state index contributed by atoms with van der Waals surface area (Å²) in [7, 11) is 2.01. The molecule has 0 N–H and O–H groups in total. The summed E-state index contributed by atoms with van der Waals surface area (Å²) in [6, 6.07) is 8.28. The average molecular weight is 222 g/mol. The highest BCUT2D eigenvalue weighted by molar-refractivity contribution is 6.08. The first-order valence-corrected chi connectivity index (χ1v) is 5.50. The van der Waals surface area contributed by atoms with Crippen molar-refractivity contribution in [3.63, 3.8) is 0 Å². The fraction of sp³-hybridized carbons (Fsp3) is 0.0769. The molecule has 0 radical (unpaired) electrons. The summed E-state index contributed by atoms with van der Waals surface area (Å²) in [5.74, 6) is 0. The van der Waals surface area contributed by atoms with E-state index in [0.29, 0.717) is 0 Å². The number of pyridine rings is 1. The van der Waals surface area contributed by atoms with Crippen molar-refractivity contribution in [3.05, 3.63) is 43.1 Å². The van der Waals surface area contributed by atoms with Crippen LogP contribution in [0.4, 0.5) is 0 Å². The predicted octanol–water partition coefficient (Wildman–Crippen LogP) is 2.37. The lowest BCUT2D eigenvalue weighted by Gasteiger charge is -2.05. The Morgan fingerprint density at radius 2 is 1.94 bits per heavy atom. The van der Waals surface area contributed by atoms with Gasteiger partial charge in [-0.25, -0.2) is 9.97 Å². The Hall–Kier alpha value is -2.36. The lowest BCUT2D eigenvalue weighted by atomic mass is 10.2. The van der Waals surface area contributed by atoms with Crippen LogP contribution in [-0.4, -0.2) is 18.9 Å². The standard InChI is InChI=1S/C13H10N4/c1-16-8-15-12-9-4-2-3-5-10(9)17-7-14-6-11(17)13(12)16/h2-8H,1H3. The Labute approximate surface area is 97.1 Å². The van der Waals surface area contributed by atoms with Gasteiger partial charge in [0.1, 0.15) is 0 Å². The second kappa shape index (κ2) is 2.85. The van der Waals surface area contributed by atoms with E-state index >= 15 is 0 Å². The summed E-state index contributed by atoms with van der Waals surface area (Å²) < 4.78 is 4.15. The summed E-state index contributed by atoms with van der Waals surface area (Å²) in [5, 5.41) is 1.16. The smallest absolute Gasteiger partial charge is 0.1000 e. The molecule has 4 rings (SSSR count). The molecular weight excluding hydrogens is 212 g/mol. The molecule has 0 saturated heterocycles. The van der Waals surface area contributed by atoms with Crippen molar-refractivity contribution in [2.75, 3.05) is 0 Å². The van der Waals surface area contributed by atoms with Crippen LogP contribution in [-0.2, 0) is 7.05 Å². The van der Waals surface area contributed by atoms with E-state index in [0.717, 1.165) is 27.5 Å². The third-order valence-corrected chi connectivity index (χ3v) is 3.24. The van der Waals surface area contributed by atoms with Gasteiger partial charge in [0.15, 0.2) is 0 Å². The maximum absolute atomic E-state index is 4.50. The fourth-order valence-electron chi connectivity index (χ4n) is 2.48. The number of hydrogen-bond donors (Lipinski definition) is 0. The lowest BCUT2D eigenvalue weighted by molar-refractivity contribution is 0.948. The van der Waals surface area contributed by atoms with Crippen molar-refractivity contribution in [2.45, 2.75) is 0 Å². The molecule has 82 valence electrons. The van der Waals surface area contributed by atoms with Crippen LogP contribution in [0.5, 0.6) is 0 Å². The molecule has 0 aliphatic rings. The number of aryl methyl sites for hydroxylation is 1. The normalized spacial score (nSPS) is 11.8. The first-order chi connectivity index (χ1) is 8.36. The molecule has 4 heteroatoms. The molecule has 0 unspecified atom stereocenters. The summed E-state index contributed by atoms with van der Waals surface area (Å²) >= 11 is 0. The summed E-state index contributed by atoms with van der Waals surface area (Å²) in [4.78, 5) is 8.74. The molecule has 0 spiro atoms. The van der Waals surface area contributed by atoms with E-state index in [1.165, 1.54) is 0 Å². The first-order valence-electron chi connectivity index (χ1n) is 5.50. The zero-order chi connectivity index (χ0) is 11.4. The molecule has 0 aliphatic heterocycles. The monoisotopic (exact) mass is 222 g/mol. The highest BCUT2D eigenvalue weighted by Crippen LogP contribution is 2.27. The highest BCUT2D eigenvalue weighted by atomic mass is 15.1. The maximum atomic E-state index is 4.50. The summed E-state index contributed by atoms with van der Waals surface area (Å²) in [6.45, 7) is 0. The molecular formula is C13H10N4. The molecule has 17 heavy (non-hydrogen) atoms. The predicted molar refractivity (Wildman–Crippen MR) is 67.0 cm³/mol.